The number of hydrogen-bond donors (Lipinski definition) is 3. The Morgan fingerprint density at radius 3 is 2.84 bits per heavy atom. The molecule has 1 atom stereocenters. The van der Waals surface area contributed by atoms with Gasteiger partial charge in [-0.05, 0) is 19.8 Å². The summed E-state index contributed by atoms with van der Waals surface area (Å²) in [5.74, 6) is -1.19. The lowest BCUT2D eigenvalue weighted by Gasteiger charge is -2.07. The molecule has 0 saturated heterocycles. The molecule has 0 aliphatic heterocycles. The molecule has 1 heterocycles. The van der Waals surface area contributed by atoms with Crippen molar-refractivity contribution in [3.63, 3.8) is 0 Å². The molecule has 0 aliphatic carbocycles. The first kappa shape index (κ1) is 15.0. The molecule has 7 nitrogen and oxygen atoms in total. The van der Waals surface area contributed by atoms with Crippen LogP contribution in [-0.4, -0.2) is 33.4 Å². The second kappa shape index (κ2) is 7.40. The molecule has 0 bridgehead atoms. The summed E-state index contributed by atoms with van der Waals surface area (Å²) in [6, 6.07) is -0.307. The molecule has 0 aromatic carbocycles. The Hall–Kier alpha value is -2.05. The van der Waals surface area contributed by atoms with E-state index in [9.17, 15) is 9.59 Å². The molecule has 19 heavy (non-hydrogen) atoms. The molecule has 7 heteroatoms. The van der Waals surface area contributed by atoms with Crippen LogP contribution < -0.4 is 10.6 Å². The van der Waals surface area contributed by atoms with E-state index < -0.39 is 5.97 Å². The van der Waals surface area contributed by atoms with Gasteiger partial charge in [-0.15, -0.1) is 0 Å². The average molecular weight is 268 g/mol. The van der Waals surface area contributed by atoms with Gasteiger partial charge in [-0.25, -0.2) is 4.79 Å². The maximum Gasteiger partial charge on any atom is 0.319 e. The molecule has 1 aromatic rings. The number of nitrogens with zero attached hydrogens (tertiary/aromatic N) is 2. The molecule has 2 amide bonds. The van der Waals surface area contributed by atoms with Gasteiger partial charge >= 0.3 is 12.0 Å². The number of hydrogen-bond acceptors (Lipinski definition) is 3. The van der Waals surface area contributed by atoms with Crippen molar-refractivity contribution in [2.24, 2.45) is 5.92 Å². The Morgan fingerprint density at radius 2 is 2.26 bits per heavy atom. The fourth-order valence-corrected chi connectivity index (χ4v) is 1.51. The molecule has 0 spiro atoms. The van der Waals surface area contributed by atoms with Gasteiger partial charge in [-0.2, -0.15) is 5.10 Å². The molecular formula is C12H20N4O3. The molecule has 3 N–H and O–H groups in total. The van der Waals surface area contributed by atoms with Crippen LogP contribution in [0.4, 0.5) is 10.5 Å². The summed E-state index contributed by atoms with van der Waals surface area (Å²) >= 11 is 0. The van der Waals surface area contributed by atoms with Gasteiger partial charge in [0.25, 0.3) is 0 Å². The maximum atomic E-state index is 11.5. The molecule has 0 radical (unpaired) electrons. The minimum Gasteiger partial charge on any atom is -0.481 e. The van der Waals surface area contributed by atoms with E-state index in [1.807, 2.05) is 6.92 Å². The standard InChI is InChI=1S/C12H20N4O3/c1-3-16-8-10(7-14-16)15-12(19)13-6-4-5-9(2)11(17)18/h7-9H,3-6H2,1-2H3,(H,17,18)(H2,13,15,19). The van der Waals surface area contributed by atoms with Crippen LogP contribution in [-0.2, 0) is 11.3 Å². The first-order valence-corrected chi connectivity index (χ1v) is 6.33. The van der Waals surface area contributed by atoms with E-state index >= 15 is 0 Å². The third kappa shape index (κ3) is 5.41. The lowest BCUT2D eigenvalue weighted by atomic mass is 10.1. The van der Waals surface area contributed by atoms with Crippen LogP contribution in [0.15, 0.2) is 12.4 Å². The topological polar surface area (TPSA) is 96.2 Å². The van der Waals surface area contributed by atoms with E-state index in [0.717, 1.165) is 6.54 Å². The summed E-state index contributed by atoms with van der Waals surface area (Å²) in [4.78, 5) is 22.1. The summed E-state index contributed by atoms with van der Waals surface area (Å²) in [6.07, 6.45) is 4.50. The predicted octanol–water partition coefficient (Wildman–Crippen LogP) is 1.53. The summed E-state index contributed by atoms with van der Waals surface area (Å²) in [5, 5.41) is 18.1. The fourth-order valence-electron chi connectivity index (χ4n) is 1.51. The number of aromatic nitrogens is 2. The van der Waals surface area contributed by atoms with Crippen molar-refractivity contribution >= 4 is 17.7 Å². The van der Waals surface area contributed by atoms with Crippen molar-refractivity contribution in [3.05, 3.63) is 12.4 Å². The second-order valence-electron chi connectivity index (χ2n) is 4.35. The van der Waals surface area contributed by atoms with Gasteiger partial charge in [-0.1, -0.05) is 6.92 Å². The van der Waals surface area contributed by atoms with Crippen LogP contribution in [0.3, 0.4) is 0 Å². The zero-order chi connectivity index (χ0) is 14.3. The van der Waals surface area contributed by atoms with Crippen molar-refractivity contribution < 1.29 is 14.7 Å². The molecule has 106 valence electrons. The Kier molecular flexibility index (Phi) is 5.84. The SMILES string of the molecule is CCn1cc(NC(=O)NCCCC(C)C(=O)O)cn1. The second-order valence-corrected chi connectivity index (χ2v) is 4.35. The number of amides is 2. The quantitative estimate of drug-likeness (QED) is 0.653. The molecule has 1 unspecified atom stereocenters. The number of urea groups is 1. The van der Waals surface area contributed by atoms with E-state index in [1.165, 1.54) is 0 Å². The van der Waals surface area contributed by atoms with E-state index in [-0.39, 0.29) is 11.9 Å². The number of nitrogens with one attached hydrogen (secondary N) is 2. The van der Waals surface area contributed by atoms with Crippen molar-refractivity contribution in [1.29, 1.82) is 0 Å². The molecule has 0 saturated carbocycles. The number of rotatable bonds is 7. The molecular weight excluding hydrogens is 248 g/mol. The van der Waals surface area contributed by atoms with Crippen molar-refractivity contribution in [1.82, 2.24) is 15.1 Å². The highest BCUT2D eigenvalue weighted by atomic mass is 16.4. The van der Waals surface area contributed by atoms with Crippen LogP contribution in [0.2, 0.25) is 0 Å². The number of carboxylic acid groups (broad SMARTS) is 1. The van der Waals surface area contributed by atoms with Crippen LogP contribution in [0.1, 0.15) is 26.7 Å². The van der Waals surface area contributed by atoms with Crippen molar-refractivity contribution in [2.75, 3.05) is 11.9 Å². The summed E-state index contributed by atoms with van der Waals surface area (Å²) in [6.45, 7) is 4.81. The Labute approximate surface area is 112 Å². The van der Waals surface area contributed by atoms with E-state index in [4.69, 9.17) is 5.11 Å². The highest BCUT2D eigenvalue weighted by Gasteiger charge is 2.10. The van der Waals surface area contributed by atoms with Gasteiger partial charge in [0.1, 0.15) is 0 Å². The number of carbonyl (C=O) groups excluding carboxylic acids is 1. The largest absolute Gasteiger partial charge is 0.481 e. The van der Waals surface area contributed by atoms with Crippen LogP contribution in [0.25, 0.3) is 0 Å². The monoisotopic (exact) mass is 268 g/mol. The zero-order valence-corrected chi connectivity index (χ0v) is 11.2. The van der Waals surface area contributed by atoms with Crippen LogP contribution >= 0.6 is 0 Å². The van der Waals surface area contributed by atoms with Gasteiger partial charge in [0.2, 0.25) is 0 Å². The minimum atomic E-state index is -0.809. The predicted molar refractivity (Wildman–Crippen MR) is 71.0 cm³/mol. The Balaban J connectivity index is 2.19. The molecule has 0 aliphatic rings. The first-order valence-electron chi connectivity index (χ1n) is 6.33. The number of anilines is 1. The summed E-state index contributed by atoms with van der Waals surface area (Å²) < 4.78 is 1.71. The van der Waals surface area contributed by atoms with E-state index in [2.05, 4.69) is 15.7 Å². The lowest BCUT2D eigenvalue weighted by molar-refractivity contribution is -0.141. The smallest absolute Gasteiger partial charge is 0.319 e. The number of aliphatic carboxylic acids is 1. The van der Waals surface area contributed by atoms with Crippen LogP contribution in [0, 0.1) is 5.92 Å². The number of aryl methyl sites for hydroxylation is 1. The Morgan fingerprint density at radius 1 is 1.53 bits per heavy atom. The summed E-state index contributed by atoms with van der Waals surface area (Å²) in [7, 11) is 0. The first-order chi connectivity index (χ1) is 9.02. The lowest BCUT2D eigenvalue weighted by Crippen LogP contribution is -2.29. The molecule has 1 aromatic heterocycles. The van der Waals surface area contributed by atoms with E-state index in [1.54, 1.807) is 24.0 Å². The van der Waals surface area contributed by atoms with E-state index in [0.29, 0.717) is 25.1 Å². The summed E-state index contributed by atoms with van der Waals surface area (Å²) in [5.41, 5.74) is 0.637. The van der Waals surface area contributed by atoms with Crippen LogP contribution in [0.5, 0.6) is 0 Å². The van der Waals surface area contributed by atoms with Gasteiger partial charge in [-0.3, -0.25) is 9.48 Å². The highest BCUT2D eigenvalue weighted by molar-refractivity contribution is 5.88. The fraction of sp³-hybridized carbons (Fsp3) is 0.583. The number of carbonyl (C=O) groups is 2. The van der Waals surface area contributed by atoms with Gasteiger partial charge in [0.05, 0.1) is 17.8 Å². The Bertz CT molecular complexity index is 430. The van der Waals surface area contributed by atoms with Crippen molar-refractivity contribution in [2.45, 2.75) is 33.2 Å². The minimum absolute atomic E-state index is 0.307. The number of carboxylic acids is 1. The van der Waals surface area contributed by atoms with Gasteiger partial charge in [0, 0.05) is 19.3 Å². The average Bonchev–Trinajstić information content (AvgIpc) is 2.81. The molecule has 0 fully saturated rings. The van der Waals surface area contributed by atoms with Gasteiger partial charge < -0.3 is 15.7 Å². The van der Waals surface area contributed by atoms with Crippen molar-refractivity contribution in [3.8, 4) is 0 Å². The highest BCUT2D eigenvalue weighted by Crippen LogP contribution is 2.05. The third-order valence-corrected chi connectivity index (χ3v) is 2.74. The maximum absolute atomic E-state index is 11.5. The normalized spacial score (nSPS) is 11.9. The molecule has 1 rings (SSSR count). The third-order valence-electron chi connectivity index (χ3n) is 2.74. The van der Waals surface area contributed by atoms with Gasteiger partial charge in [0.15, 0.2) is 0 Å². The zero-order valence-electron chi connectivity index (χ0n) is 11.2.